The number of hydrogen-bond acceptors (Lipinski definition) is 3. The molecule has 0 N–H and O–H groups in total. The maximum atomic E-state index is 8.68. The summed E-state index contributed by atoms with van der Waals surface area (Å²) in [4.78, 5) is 5.06. The van der Waals surface area contributed by atoms with E-state index in [1.165, 1.54) is 0 Å². The number of benzene rings is 1. The SMILES string of the molecule is COc1ccc(N(C)C)cc1[N+]#N.[Cl-]. The van der Waals surface area contributed by atoms with Gasteiger partial charge in [0.2, 0.25) is 11.1 Å². The maximum absolute atomic E-state index is 8.68. The van der Waals surface area contributed by atoms with Crippen molar-refractivity contribution in [2.75, 3.05) is 26.1 Å². The molecule has 4 nitrogen and oxygen atoms in total. The summed E-state index contributed by atoms with van der Waals surface area (Å²) in [6.45, 7) is 0. The molecular weight excluding hydrogens is 202 g/mol. The summed E-state index contributed by atoms with van der Waals surface area (Å²) in [6, 6.07) is 5.41. The summed E-state index contributed by atoms with van der Waals surface area (Å²) >= 11 is 0. The van der Waals surface area contributed by atoms with Gasteiger partial charge in [-0.25, -0.2) is 0 Å². The fourth-order valence-electron chi connectivity index (χ4n) is 1.03. The first-order chi connectivity index (χ1) is 6.19. The Morgan fingerprint density at radius 1 is 1.36 bits per heavy atom. The average Bonchev–Trinajstić information content (AvgIpc) is 2.16. The van der Waals surface area contributed by atoms with Crippen molar-refractivity contribution in [3.05, 3.63) is 23.2 Å². The molecule has 0 aliphatic rings. The van der Waals surface area contributed by atoms with E-state index < -0.39 is 0 Å². The van der Waals surface area contributed by atoms with E-state index in [-0.39, 0.29) is 12.4 Å². The minimum atomic E-state index is 0. The Bertz CT molecular complexity index is 346. The number of nitrogens with zero attached hydrogens (tertiary/aromatic N) is 3. The van der Waals surface area contributed by atoms with Crippen LogP contribution in [0.4, 0.5) is 11.4 Å². The van der Waals surface area contributed by atoms with E-state index in [0.717, 1.165) is 5.69 Å². The molecule has 0 saturated carbocycles. The molecule has 0 heterocycles. The van der Waals surface area contributed by atoms with Crippen molar-refractivity contribution in [3.8, 4) is 5.75 Å². The largest absolute Gasteiger partial charge is 1.00 e. The van der Waals surface area contributed by atoms with Crippen LogP contribution < -0.4 is 22.0 Å². The zero-order valence-corrected chi connectivity index (χ0v) is 9.12. The van der Waals surface area contributed by atoms with E-state index in [9.17, 15) is 0 Å². The highest BCUT2D eigenvalue weighted by atomic mass is 35.5. The lowest BCUT2D eigenvalue weighted by Crippen LogP contribution is -3.00. The second-order valence-electron chi connectivity index (χ2n) is 2.85. The van der Waals surface area contributed by atoms with Crippen LogP contribution in [0.5, 0.6) is 5.75 Å². The standard InChI is InChI=1S/C9H12N3O.ClH/c1-12(2)7-4-5-9(13-3)8(6-7)11-10;/h4-6H,1-3H3;1H/q+1;/p-1. The predicted molar refractivity (Wildman–Crippen MR) is 52.1 cm³/mol. The lowest BCUT2D eigenvalue weighted by atomic mass is 10.2. The predicted octanol–water partition coefficient (Wildman–Crippen LogP) is -0.750. The van der Waals surface area contributed by atoms with Gasteiger partial charge in [-0.2, -0.15) is 0 Å². The normalized spacial score (nSPS) is 8.43. The van der Waals surface area contributed by atoms with Crippen molar-refractivity contribution in [2.24, 2.45) is 0 Å². The monoisotopic (exact) mass is 213 g/mol. The van der Waals surface area contributed by atoms with Crippen LogP contribution in [0.15, 0.2) is 18.2 Å². The minimum absolute atomic E-state index is 0. The van der Waals surface area contributed by atoms with Gasteiger partial charge in [0.1, 0.15) is 0 Å². The van der Waals surface area contributed by atoms with Crippen molar-refractivity contribution in [1.82, 2.24) is 0 Å². The number of halogens is 1. The molecule has 14 heavy (non-hydrogen) atoms. The summed E-state index contributed by atoms with van der Waals surface area (Å²) in [6.07, 6.45) is 0. The Labute approximate surface area is 89.5 Å². The third-order valence-electron chi connectivity index (χ3n) is 1.79. The third kappa shape index (κ3) is 2.51. The summed E-state index contributed by atoms with van der Waals surface area (Å²) in [5.74, 6) is 0.563. The molecule has 0 aliphatic heterocycles. The molecule has 0 aliphatic carbocycles. The molecule has 1 rings (SSSR count). The molecule has 0 atom stereocenters. The quantitative estimate of drug-likeness (QED) is 0.607. The Morgan fingerprint density at radius 3 is 2.43 bits per heavy atom. The molecule has 0 amide bonds. The van der Waals surface area contributed by atoms with E-state index in [0.29, 0.717) is 11.4 Å². The second-order valence-corrected chi connectivity index (χ2v) is 2.85. The highest BCUT2D eigenvalue weighted by Crippen LogP contribution is 2.31. The van der Waals surface area contributed by atoms with Crippen LogP contribution in [0.2, 0.25) is 0 Å². The van der Waals surface area contributed by atoms with Gasteiger partial charge in [0.05, 0.1) is 13.2 Å². The van der Waals surface area contributed by atoms with E-state index in [1.54, 1.807) is 19.2 Å². The van der Waals surface area contributed by atoms with Crippen LogP contribution >= 0.6 is 0 Å². The van der Waals surface area contributed by atoms with Gasteiger partial charge in [-0.05, 0) is 12.1 Å². The molecule has 0 unspecified atom stereocenters. The molecule has 1 aromatic carbocycles. The second kappa shape index (κ2) is 5.30. The van der Waals surface area contributed by atoms with E-state index in [4.69, 9.17) is 10.1 Å². The van der Waals surface area contributed by atoms with E-state index in [2.05, 4.69) is 4.98 Å². The molecule has 0 saturated heterocycles. The molecule has 1 aromatic rings. The molecule has 0 bridgehead atoms. The first-order valence-electron chi connectivity index (χ1n) is 3.89. The number of methoxy groups -OCH3 is 1. The average molecular weight is 214 g/mol. The lowest BCUT2D eigenvalue weighted by Gasteiger charge is -2.10. The Morgan fingerprint density at radius 2 is 2.00 bits per heavy atom. The first-order valence-corrected chi connectivity index (χ1v) is 3.89. The van der Waals surface area contributed by atoms with Crippen molar-refractivity contribution in [3.63, 3.8) is 0 Å². The van der Waals surface area contributed by atoms with Crippen molar-refractivity contribution in [1.29, 1.82) is 5.39 Å². The third-order valence-corrected chi connectivity index (χ3v) is 1.79. The van der Waals surface area contributed by atoms with Crippen LogP contribution in [0, 0.1) is 5.39 Å². The van der Waals surface area contributed by atoms with Crippen molar-refractivity contribution in [2.45, 2.75) is 0 Å². The lowest BCUT2D eigenvalue weighted by molar-refractivity contribution is -0.00000327. The fourth-order valence-corrected chi connectivity index (χ4v) is 1.03. The van der Waals surface area contributed by atoms with Gasteiger partial charge in [0.25, 0.3) is 0 Å². The molecule has 5 heteroatoms. The van der Waals surface area contributed by atoms with Gasteiger partial charge in [-0.3, -0.25) is 0 Å². The molecular formula is C9H12ClN3O. The van der Waals surface area contributed by atoms with Crippen LogP contribution in [-0.2, 0) is 0 Å². The Kier molecular flexibility index (Phi) is 4.74. The maximum Gasteiger partial charge on any atom is 0.428 e. The molecule has 0 radical (unpaired) electrons. The van der Waals surface area contributed by atoms with Gasteiger partial charge in [-0.15, -0.1) is 0 Å². The summed E-state index contributed by atoms with van der Waals surface area (Å²) in [7, 11) is 5.38. The van der Waals surface area contributed by atoms with E-state index >= 15 is 0 Å². The number of ether oxygens (including phenoxy) is 1. The number of anilines is 1. The van der Waals surface area contributed by atoms with Crippen molar-refractivity contribution < 1.29 is 17.1 Å². The van der Waals surface area contributed by atoms with Gasteiger partial charge < -0.3 is 22.0 Å². The zero-order valence-electron chi connectivity index (χ0n) is 8.36. The molecule has 76 valence electrons. The number of rotatable bonds is 2. The van der Waals surface area contributed by atoms with Crippen LogP contribution in [-0.4, -0.2) is 21.2 Å². The molecule has 0 aromatic heterocycles. The first kappa shape index (κ1) is 12.5. The van der Waals surface area contributed by atoms with Crippen LogP contribution in [0.25, 0.3) is 4.98 Å². The van der Waals surface area contributed by atoms with Gasteiger partial charge in [0, 0.05) is 19.8 Å². The van der Waals surface area contributed by atoms with Gasteiger partial charge >= 0.3 is 5.69 Å². The molecule has 0 spiro atoms. The summed E-state index contributed by atoms with van der Waals surface area (Å²) in [5.41, 5.74) is 1.40. The van der Waals surface area contributed by atoms with E-state index in [1.807, 2.05) is 25.1 Å². The highest BCUT2D eigenvalue weighted by molar-refractivity contribution is 5.65. The van der Waals surface area contributed by atoms with Crippen molar-refractivity contribution >= 4 is 11.4 Å². The van der Waals surface area contributed by atoms with Gasteiger partial charge in [0.15, 0.2) is 4.98 Å². The minimum Gasteiger partial charge on any atom is -1.00 e. The van der Waals surface area contributed by atoms with Crippen LogP contribution in [0.1, 0.15) is 0 Å². The molecule has 0 fully saturated rings. The summed E-state index contributed by atoms with van der Waals surface area (Å²) < 4.78 is 5.00. The summed E-state index contributed by atoms with van der Waals surface area (Å²) in [5, 5.41) is 8.68. The van der Waals surface area contributed by atoms with Crippen LogP contribution in [0.3, 0.4) is 0 Å². The fraction of sp³-hybridized carbons (Fsp3) is 0.333. The topological polar surface area (TPSA) is 40.6 Å². The highest BCUT2D eigenvalue weighted by Gasteiger charge is 2.15. The zero-order chi connectivity index (χ0) is 9.84. The number of diazo groups is 1. The van der Waals surface area contributed by atoms with Gasteiger partial charge in [-0.1, -0.05) is 0 Å². The Balaban J connectivity index is 0.00000169. The Hall–Kier alpha value is -1.47. The number of hydrogen-bond donors (Lipinski definition) is 0. The smallest absolute Gasteiger partial charge is 0.428 e.